The number of hydrogen-bond acceptors (Lipinski definition) is 3. The summed E-state index contributed by atoms with van der Waals surface area (Å²) in [5.74, 6) is 1.19. The molecule has 2 aromatic rings. The maximum Gasteiger partial charge on any atom is 0.164 e. The molecule has 0 fully saturated rings. The zero-order valence-electron chi connectivity index (χ0n) is 11.9. The van der Waals surface area contributed by atoms with Crippen molar-refractivity contribution in [1.29, 1.82) is 0 Å². The van der Waals surface area contributed by atoms with Gasteiger partial charge in [-0.15, -0.1) is 0 Å². The highest BCUT2D eigenvalue weighted by molar-refractivity contribution is 14.1. The highest BCUT2D eigenvalue weighted by atomic mass is 127. The van der Waals surface area contributed by atoms with Crippen molar-refractivity contribution in [2.75, 3.05) is 0 Å². The SMILES string of the molecule is CCCn1cc(-c2nc(Cl)c(I)c(CC(C)C)n2)cn1. The van der Waals surface area contributed by atoms with Crippen LogP contribution in [-0.2, 0) is 13.0 Å². The number of hydrogen-bond donors (Lipinski definition) is 0. The van der Waals surface area contributed by atoms with Crippen LogP contribution in [0.5, 0.6) is 0 Å². The molecule has 0 N–H and O–H groups in total. The average molecular weight is 405 g/mol. The molecule has 0 aliphatic rings. The summed E-state index contributed by atoms with van der Waals surface area (Å²) in [6.07, 6.45) is 5.72. The molecule has 2 aromatic heterocycles. The van der Waals surface area contributed by atoms with Gasteiger partial charge in [0.1, 0.15) is 5.15 Å². The van der Waals surface area contributed by atoms with E-state index < -0.39 is 0 Å². The van der Waals surface area contributed by atoms with E-state index in [1.807, 2.05) is 10.9 Å². The van der Waals surface area contributed by atoms with Crippen molar-refractivity contribution in [2.24, 2.45) is 5.92 Å². The van der Waals surface area contributed by atoms with E-state index in [1.54, 1.807) is 6.20 Å². The minimum atomic E-state index is 0.523. The lowest BCUT2D eigenvalue weighted by atomic mass is 10.1. The average Bonchev–Trinajstić information content (AvgIpc) is 2.83. The van der Waals surface area contributed by atoms with Crippen molar-refractivity contribution in [3.05, 3.63) is 26.8 Å². The Morgan fingerprint density at radius 3 is 2.75 bits per heavy atom. The molecular weight excluding hydrogens is 387 g/mol. The summed E-state index contributed by atoms with van der Waals surface area (Å²) in [6, 6.07) is 0. The van der Waals surface area contributed by atoms with E-state index in [9.17, 15) is 0 Å². The normalized spacial score (nSPS) is 11.3. The molecule has 20 heavy (non-hydrogen) atoms. The summed E-state index contributed by atoms with van der Waals surface area (Å²) in [5.41, 5.74) is 1.93. The van der Waals surface area contributed by atoms with Gasteiger partial charge in [-0.1, -0.05) is 32.4 Å². The van der Waals surface area contributed by atoms with Gasteiger partial charge in [0.05, 0.1) is 21.0 Å². The molecule has 0 saturated heterocycles. The lowest BCUT2D eigenvalue weighted by Crippen LogP contribution is -2.04. The lowest BCUT2D eigenvalue weighted by molar-refractivity contribution is 0.603. The lowest BCUT2D eigenvalue weighted by Gasteiger charge is -2.09. The number of nitrogens with zero attached hydrogens (tertiary/aromatic N) is 4. The molecule has 0 unspecified atom stereocenters. The first kappa shape index (κ1) is 15.7. The minimum absolute atomic E-state index is 0.523. The van der Waals surface area contributed by atoms with Gasteiger partial charge in [0.25, 0.3) is 0 Å². The second-order valence-electron chi connectivity index (χ2n) is 5.19. The van der Waals surface area contributed by atoms with Crippen LogP contribution in [0.25, 0.3) is 11.4 Å². The largest absolute Gasteiger partial charge is 0.272 e. The fourth-order valence-corrected chi connectivity index (χ4v) is 2.60. The number of halogens is 2. The van der Waals surface area contributed by atoms with Crippen LogP contribution in [-0.4, -0.2) is 19.7 Å². The Morgan fingerprint density at radius 1 is 1.35 bits per heavy atom. The molecule has 6 heteroatoms. The van der Waals surface area contributed by atoms with Gasteiger partial charge in [0.2, 0.25) is 0 Å². The van der Waals surface area contributed by atoms with Crippen molar-refractivity contribution >= 4 is 34.2 Å². The van der Waals surface area contributed by atoms with Crippen LogP contribution in [0.2, 0.25) is 5.15 Å². The quantitative estimate of drug-likeness (QED) is 0.554. The first-order valence-electron chi connectivity index (χ1n) is 6.76. The van der Waals surface area contributed by atoms with Gasteiger partial charge in [-0.25, -0.2) is 9.97 Å². The first-order valence-corrected chi connectivity index (χ1v) is 8.21. The Morgan fingerprint density at radius 2 is 2.10 bits per heavy atom. The summed E-state index contributed by atoms with van der Waals surface area (Å²) in [6.45, 7) is 7.37. The number of rotatable bonds is 5. The van der Waals surface area contributed by atoms with Crippen molar-refractivity contribution in [2.45, 2.75) is 40.2 Å². The molecule has 0 atom stereocenters. The van der Waals surface area contributed by atoms with Gasteiger partial charge >= 0.3 is 0 Å². The maximum atomic E-state index is 6.23. The van der Waals surface area contributed by atoms with E-state index in [4.69, 9.17) is 11.6 Å². The molecule has 2 heterocycles. The molecule has 0 aliphatic carbocycles. The van der Waals surface area contributed by atoms with Gasteiger partial charge in [-0.3, -0.25) is 4.68 Å². The van der Waals surface area contributed by atoms with Crippen LogP contribution in [0, 0.1) is 9.49 Å². The van der Waals surface area contributed by atoms with Crippen molar-refractivity contribution < 1.29 is 0 Å². The zero-order chi connectivity index (χ0) is 14.7. The molecule has 0 amide bonds. The number of aromatic nitrogens is 4. The Kier molecular flexibility index (Phi) is 5.37. The highest BCUT2D eigenvalue weighted by Gasteiger charge is 2.14. The summed E-state index contributed by atoms with van der Waals surface area (Å²) in [4.78, 5) is 9.04. The first-order chi connectivity index (χ1) is 9.51. The molecule has 0 spiro atoms. The third kappa shape index (κ3) is 3.69. The molecule has 0 aromatic carbocycles. The predicted molar refractivity (Wildman–Crippen MR) is 89.8 cm³/mol. The van der Waals surface area contributed by atoms with E-state index in [2.05, 4.69) is 58.4 Å². The standard InChI is InChI=1S/C14H18ClIN4/c1-4-5-20-8-10(7-17-20)14-18-11(6-9(2)3)12(16)13(15)19-14/h7-9H,4-6H2,1-3H3. The van der Waals surface area contributed by atoms with Crippen LogP contribution in [0.15, 0.2) is 12.4 Å². The predicted octanol–water partition coefficient (Wildman–Crippen LogP) is 4.21. The van der Waals surface area contributed by atoms with Crippen LogP contribution in [0.4, 0.5) is 0 Å². The smallest absolute Gasteiger partial charge is 0.164 e. The zero-order valence-corrected chi connectivity index (χ0v) is 14.8. The van der Waals surface area contributed by atoms with Crippen molar-refractivity contribution in [1.82, 2.24) is 19.7 Å². The monoisotopic (exact) mass is 404 g/mol. The van der Waals surface area contributed by atoms with Crippen LogP contribution < -0.4 is 0 Å². The summed E-state index contributed by atoms with van der Waals surface area (Å²) >= 11 is 8.45. The highest BCUT2D eigenvalue weighted by Crippen LogP contribution is 2.25. The van der Waals surface area contributed by atoms with Crippen LogP contribution in [0.1, 0.15) is 32.9 Å². The molecule has 0 radical (unpaired) electrons. The fraction of sp³-hybridized carbons (Fsp3) is 0.500. The Balaban J connectivity index is 2.37. The van der Waals surface area contributed by atoms with E-state index in [0.717, 1.165) is 34.2 Å². The van der Waals surface area contributed by atoms with Crippen LogP contribution >= 0.6 is 34.2 Å². The molecule has 108 valence electrons. The Hall–Kier alpha value is -0.690. The third-order valence-electron chi connectivity index (χ3n) is 2.83. The van der Waals surface area contributed by atoms with E-state index in [1.165, 1.54) is 0 Å². The summed E-state index contributed by atoms with van der Waals surface area (Å²) < 4.78 is 2.86. The second-order valence-corrected chi connectivity index (χ2v) is 6.63. The van der Waals surface area contributed by atoms with E-state index >= 15 is 0 Å². The Bertz CT molecular complexity index is 595. The fourth-order valence-electron chi connectivity index (χ4n) is 1.94. The third-order valence-corrected chi connectivity index (χ3v) is 4.55. The van der Waals surface area contributed by atoms with Gasteiger partial charge in [0.15, 0.2) is 5.82 Å². The maximum absolute atomic E-state index is 6.23. The van der Waals surface area contributed by atoms with Gasteiger partial charge in [-0.2, -0.15) is 5.10 Å². The van der Waals surface area contributed by atoms with Gasteiger partial charge in [-0.05, 0) is 41.4 Å². The number of aryl methyl sites for hydroxylation is 1. The van der Waals surface area contributed by atoms with Crippen molar-refractivity contribution in [3.8, 4) is 11.4 Å². The summed E-state index contributed by atoms with van der Waals surface area (Å²) in [7, 11) is 0. The molecule has 2 rings (SSSR count). The minimum Gasteiger partial charge on any atom is -0.272 e. The second kappa shape index (κ2) is 6.85. The van der Waals surface area contributed by atoms with E-state index in [-0.39, 0.29) is 0 Å². The molecule has 0 bridgehead atoms. The topological polar surface area (TPSA) is 43.6 Å². The van der Waals surface area contributed by atoms with Crippen molar-refractivity contribution in [3.63, 3.8) is 0 Å². The van der Waals surface area contributed by atoms with Gasteiger partial charge in [0, 0.05) is 12.7 Å². The Labute approximate surface area is 138 Å². The summed E-state index contributed by atoms with van der Waals surface area (Å²) in [5, 5.41) is 4.84. The molecule has 0 aliphatic heterocycles. The molecule has 4 nitrogen and oxygen atoms in total. The van der Waals surface area contributed by atoms with Gasteiger partial charge < -0.3 is 0 Å². The van der Waals surface area contributed by atoms with E-state index in [0.29, 0.717) is 16.9 Å². The molecular formula is C14H18ClIN4. The van der Waals surface area contributed by atoms with Crippen LogP contribution in [0.3, 0.4) is 0 Å². The molecule has 0 saturated carbocycles.